The van der Waals surface area contributed by atoms with Crippen molar-refractivity contribution in [3.63, 3.8) is 0 Å². The van der Waals surface area contributed by atoms with Crippen molar-refractivity contribution in [2.75, 3.05) is 7.05 Å². The van der Waals surface area contributed by atoms with Crippen LogP contribution in [0.4, 0.5) is 0 Å². The molecule has 1 aliphatic rings. The van der Waals surface area contributed by atoms with Gasteiger partial charge in [-0.3, -0.25) is 14.7 Å². The Hall–Kier alpha value is -2.92. The van der Waals surface area contributed by atoms with Crippen molar-refractivity contribution in [2.24, 2.45) is 10.7 Å². The van der Waals surface area contributed by atoms with Crippen LogP contribution in [0.1, 0.15) is 18.9 Å². The van der Waals surface area contributed by atoms with Crippen molar-refractivity contribution in [3.8, 4) is 11.1 Å². The monoisotopic (exact) mass is 378 g/mol. The minimum absolute atomic E-state index is 0.0577. The van der Waals surface area contributed by atoms with E-state index in [1.807, 2.05) is 55.6 Å². The summed E-state index contributed by atoms with van der Waals surface area (Å²) >= 11 is 6.54. The average molecular weight is 379 g/mol. The van der Waals surface area contributed by atoms with Crippen LogP contribution in [0.2, 0.25) is 5.02 Å². The first-order valence-corrected chi connectivity index (χ1v) is 9.02. The Morgan fingerprint density at radius 1 is 1.19 bits per heavy atom. The quantitative estimate of drug-likeness (QED) is 0.733. The lowest BCUT2D eigenvalue weighted by Gasteiger charge is -2.34. The molecule has 3 aromatic rings. The van der Waals surface area contributed by atoms with Crippen LogP contribution < -0.4 is 5.73 Å². The zero-order valence-corrected chi connectivity index (χ0v) is 15.9. The van der Waals surface area contributed by atoms with E-state index in [-0.39, 0.29) is 18.3 Å². The van der Waals surface area contributed by atoms with Gasteiger partial charge in [-0.15, -0.1) is 0 Å². The lowest BCUT2D eigenvalue weighted by molar-refractivity contribution is -0.128. The number of rotatable bonds is 2. The van der Waals surface area contributed by atoms with E-state index in [0.29, 0.717) is 5.02 Å². The van der Waals surface area contributed by atoms with Crippen molar-refractivity contribution >= 4 is 34.2 Å². The number of hydrogen-bond acceptors (Lipinski definition) is 4. The van der Waals surface area contributed by atoms with E-state index >= 15 is 0 Å². The van der Waals surface area contributed by atoms with Crippen LogP contribution in [-0.2, 0) is 10.3 Å². The number of amides is 1. The molecule has 1 aliphatic heterocycles. The molecule has 0 aliphatic carbocycles. The lowest BCUT2D eigenvalue weighted by atomic mass is 9.85. The van der Waals surface area contributed by atoms with Gasteiger partial charge in [0.2, 0.25) is 5.91 Å². The van der Waals surface area contributed by atoms with Gasteiger partial charge in [-0.25, -0.2) is 4.99 Å². The Balaban J connectivity index is 1.89. The smallest absolute Gasteiger partial charge is 0.231 e. The third kappa shape index (κ3) is 2.94. The number of aromatic nitrogens is 1. The standard InChI is InChI=1S/C21H19ClN4O/c1-21(11-19(27)26(2)20(23)25-21)14-6-7-18(22)17(10-14)16-5-3-4-13-12-24-9-8-15(13)16/h3-10,12H,11H2,1-2H3,(H2,23,25). The largest absolute Gasteiger partial charge is 0.369 e. The minimum atomic E-state index is -0.723. The number of aliphatic imine (C=N–C) groups is 1. The van der Waals surface area contributed by atoms with Gasteiger partial charge in [-0.2, -0.15) is 0 Å². The molecule has 1 unspecified atom stereocenters. The number of benzene rings is 2. The van der Waals surface area contributed by atoms with E-state index in [2.05, 4.69) is 9.98 Å². The number of guanidine groups is 1. The fourth-order valence-electron chi connectivity index (χ4n) is 3.50. The molecule has 0 fully saturated rings. The summed E-state index contributed by atoms with van der Waals surface area (Å²) in [5.41, 5.74) is 8.05. The molecule has 0 radical (unpaired) electrons. The molecule has 4 rings (SSSR count). The molecule has 0 saturated carbocycles. The lowest BCUT2D eigenvalue weighted by Crippen LogP contribution is -2.47. The Morgan fingerprint density at radius 2 is 2.00 bits per heavy atom. The second-order valence-electron chi connectivity index (χ2n) is 6.97. The minimum Gasteiger partial charge on any atom is -0.369 e. The highest BCUT2D eigenvalue weighted by atomic mass is 35.5. The highest BCUT2D eigenvalue weighted by molar-refractivity contribution is 6.33. The molecule has 2 heterocycles. The van der Waals surface area contributed by atoms with Crippen LogP contribution in [-0.4, -0.2) is 28.8 Å². The van der Waals surface area contributed by atoms with E-state index in [4.69, 9.17) is 17.3 Å². The van der Waals surface area contributed by atoms with Gasteiger partial charge in [-0.05, 0) is 41.6 Å². The summed E-state index contributed by atoms with van der Waals surface area (Å²) in [5.74, 6) is 0.166. The van der Waals surface area contributed by atoms with Crippen molar-refractivity contribution in [1.29, 1.82) is 0 Å². The van der Waals surface area contributed by atoms with E-state index in [9.17, 15) is 4.79 Å². The van der Waals surface area contributed by atoms with E-state index < -0.39 is 5.54 Å². The Labute approximate surface area is 162 Å². The third-order valence-electron chi connectivity index (χ3n) is 5.13. The van der Waals surface area contributed by atoms with Gasteiger partial charge >= 0.3 is 0 Å². The molecule has 2 aromatic carbocycles. The van der Waals surface area contributed by atoms with Gasteiger partial charge in [0.05, 0.1) is 12.0 Å². The molecule has 5 nitrogen and oxygen atoms in total. The fourth-order valence-corrected chi connectivity index (χ4v) is 3.72. The van der Waals surface area contributed by atoms with Crippen molar-refractivity contribution < 1.29 is 4.79 Å². The van der Waals surface area contributed by atoms with Crippen molar-refractivity contribution in [3.05, 3.63) is 65.4 Å². The van der Waals surface area contributed by atoms with Gasteiger partial charge in [0.1, 0.15) is 0 Å². The maximum Gasteiger partial charge on any atom is 0.231 e. The molecule has 0 bridgehead atoms. The van der Waals surface area contributed by atoms with Crippen LogP contribution >= 0.6 is 11.6 Å². The molecule has 6 heteroatoms. The van der Waals surface area contributed by atoms with E-state index in [0.717, 1.165) is 27.5 Å². The molecule has 1 aromatic heterocycles. The first-order chi connectivity index (χ1) is 12.9. The molecule has 1 amide bonds. The van der Waals surface area contributed by atoms with Crippen LogP contribution in [0.3, 0.4) is 0 Å². The molecule has 0 spiro atoms. The normalized spacial score (nSPS) is 20.0. The molecule has 1 atom stereocenters. The molecule has 0 saturated heterocycles. The Kier molecular flexibility index (Phi) is 4.12. The number of halogens is 1. The Bertz CT molecular complexity index is 1090. The van der Waals surface area contributed by atoms with E-state index in [1.54, 1.807) is 13.2 Å². The zero-order valence-electron chi connectivity index (χ0n) is 15.1. The third-order valence-corrected chi connectivity index (χ3v) is 5.46. The number of fused-ring (bicyclic) bond motifs is 1. The van der Waals surface area contributed by atoms with E-state index in [1.165, 1.54) is 4.90 Å². The number of hydrogen-bond donors (Lipinski definition) is 1. The summed E-state index contributed by atoms with van der Waals surface area (Å²) in [5, 5.41) is 2.75. The average Bonchev–Trinajstić information content (AvgIpc) is 2.66. The zero-order chi connectivity index (χ0) is 19.2. The number of carbonyl (C=O) groups is 1. The summed E-state index contributed by atoms with van der Waals surface area (Å²) in [4.78, 5) is 22.5. The summed E-state index contributed by atoms with van der Waals surface area (Å²) in [6.07, 6.45) is 3.86. The summed E-state index contributed by atoms with van der Waals surface area (Å²) < 4.78 is 0. The maximum atomic E-state index is 12.3. The molecule has 27 heavy (non-hydrogen) atoms. The van der Waals surface area contributed by atoms with Crippen LogP contribution in [0.15, 0.2) is 59.9 Å². The predicted molar refractivity (Wildman–Crippen MR) is 109 cm³/mol. The summed E-state index contributed by atoms with van der Waals surface area (Å²) in [7, 11) is 1.64. The first-order valence-electron chi connectivity index (χ1n) is 8.64. The van der Waals surface area contributed by atoms with Crippen molar-refractivity contribution in [1.82, 2.24) is 9.88 Å². The van der Waals surface area contributed by atoms with Gasteiger partial charge in [0.25, 0.3) is 0 Å². The number of nitrogens with two attached hydrogens (primary N) is 1. The summed E-state index contributed by atoms with van der Waals surface area (Å²) in [6, 6.07) is 13.8. The first kappa shape index (κ1) is 17.5. The van der Waals surface area contributed by atoms with Gasteiger partial charge in [-0.1, -0.05) is 35.9 Å². The second kappa shape index (κ2) is 6.35. The molecular weight excluding hydrogens is 360 g/mol. The van der Waals surface area contributed by atoms with Gasteiger partial charge in [0.15, 0.2) is 5.96 Å². The van der Waals surface area contributed by atoms with Gasteiger partial charge < -0.3 is 5.73 Å². The maximum absolute atomic E-state index is 12.3. The van der Waals surface area contributed by atoms with Crippen LogP contribution in [0.5, 0.6) is 0 Å². The summed E-state index contributed by atoms with van der Waals surface area (Å²) in [6.45, 7) is 1.92. The van der Waals surface area contributed by atoms with Crippen LogP contribution in [0, 0.1) is 0 Å². The van der Waals surface area contributed by atoms with Crippen molar-refractivity contribution in [2.45, 2.75) is 18.9 Å². The fraction of sp³-hybridized carbons (Fsp3) is 0.190. The van der Waals surface area contributed by atoms with Gasteiger partial charge in [0, 0.05) is 35.4 Å². The molecule has 136 valence electrons. The SMILES string of the molecule is CN1C(=O)CC(C)(c2ccc(Cl)c(-c3cccc4cnccc34)c2)N=C1N. The number of carbonyl (C=O) groups excluding carboxylic acids is 1. The molecule has 2 N–H and O–H groups in total. The highest BCUT2D eigenvalue weighted by Crippen LogP contribution is 2.39. The Morgan fingerprint density at radius 3 is 2.78 bits per heavy atom. The number of nitrogens with zero attached hydrogens (tertiary/aromatic N) is 3. The number of pyridine rings is 1. The molecular formula is C21H19ClN4O. The predicted octanol–water partition coefficient (Wildman–Crippen LogP) is 3.95. The topological polar surface area (TPSA) is 71.6 Å². The highest BCUT2D eigenvalue weighted by Gasteiger charge is 2.36. The second-order valence-corrected chi connectivity index (χ2v) is 7.38. The van der Waals surface area contributed by atoms with Crippen LogP contribution in [0.25, 0.3) is 21.9 Å².